The third-order valence-electron chi connectivity index (χ3n) is 3.30. The molecule has 1 heterocycles. The van der Waals surface area contributed by atoms with E-state index in [1.165, 1.54) is 0 Å². The molecular formula is C10H18N2O2. The van der Waals surface area contributed by atoms with Crippen LogP contribution in [0.3, 0.4) is 0 Å². The Morgan fingerprint density at radius 1 is 1.36 bits per heavy atom. The van der Waals surface area contributed by atoms with Crippen molar-refractivity contribution in [1.82, 2.24) is 4.90 Å². The van der Waals surface area contributed by atoms with E-state index >= 15 is 0 Å². The molecule has 2 aliphatic rings. The van der Waals surface area contributed by atoms with Crippen LogP contribution in [0.4, 0.5) is 0 Å². The van der Waals surface area contributed by atoms with Crippen LogP contribution >= 0.6 is 0 Å². The van der Waals surface area contributed by atoms with Gasteiger partial charge < -0.3 is 15.7 Å². The number of nitrogens with zero attached hydrogens (tertiary/aromatic N) is 1. The van der Waals surface area contributed by atoms with Gasteiger partial charge in [-0.3, -0.25) is 4.79 Å². The molecule has 0 aromatic carbocycles. The highest BCUT2D eigenvalue weighted by Crippen LogP contribution is 2.27. The molecule has 1 saturated carbocycles. The summed E-state index contributed by atoms with van der Waals surface area (Å²) in [5, 5.41) is 9.32. The van der Waals surface area contributed by atoms with Crippen LogP contribution < -0.4 is 5.73 Å². The molecule has 2 unspecified atom stereocenters. The highest BCUT2D eigenvalue weighted by molar-refractivity contribution is 5.79. The predicted molar refractivity (Wildman–Crippen MR) is 52.5 cm³/mol. The van der Waals surface area contributed by atoms with Crippen LogP contribution in [0.1, 0.15) is 25.7 Å². The van der Waals surface area contributed by atoms with Gasteiger partial charge in [-0.15, -0.1) is 0 Å². The van der Waals surface area contributed by atoms with Gasteiger partial charge in [-0.05, 0) is 25.7 Å². The molecule has 1 saturated heterocycles. The molecule has 0 bridgehead atoms. The molecule has 14 heavy (non-hydrogen) atoms. The smallest absolute Gasteiger partial charge is 0.225 e. The Bertz CT molecular complexity index is 210. The van der Waals surface area contributed by atoms with Crippen LogP contribution in [0.5, 0.6) is 0 Å². The highest BCUT2D eigenvalue weighted by atomic mass is 16.3. The zero-order chi connectivity index (χ0) is 10.1. The van der Waals surface area contributed by atoms with E-state index in [1.54, 1.807) is 4.90 Å². The minimum absolute atomic E-state index is 0.121. The van der Waals surface area contributed by atoms with E-state index in [0.717, 1.165) is 25.7 Å². The van der Waals surface area contributed by atoms with Crippen LogP contribution in [0.25, 0.3) is 0 Å². The standard InChI is InChI=1S/C10H18N2O2/c11-8-2-1-7(5-8)10(14)12-4-3-9(13)6-12/h7-9,13H,1-6,11H2/t7?,8?,9-/m0/s1. The Balaban J connectivity index is 1.89. The molecule has 0 radical (unpaired) electrons. The van der Waals surface area contributed by atoms with Gasteiger partial charge in [0.2, 0.25) is 5.91 Å². The molecule has 0 spiro atoms. The maximum atomic E-state index is 11.9. The first-order valence-corrected chi connectivity index (χ1v) is 5.39. The minimum atomic E-state index is -0.311. The Kier molecular flexibility index (Phi) is 2.74. The third kappa shape index (κ3) is 1.91. The maximum Gasteiger partial charge on any atom is 0.225 e. The zero-order valence-electron chi connectivity index (χ0n) is 8.35. The van der Waals surface area contributed by atoms with Crippen molar-refractivity contribution in [3.05, 3.63) is 0 Å². The van der Waals surface area contributed by atoms with Gasteiger partial charge in [0.1, 0.15) is 0 Å². The molecule has 1 aliphatic heterocycles. The van der Waals surface area contributed by atoms with Crippen LogP contribution in [0, 0.1) is 5.92 Å². The summed E-state index contributed by atoms with van der Waals surface area (Å²) < 4.78 is 0. The Morgan fingerprint density at radius 3 is 2.64 bits per heavy atom. The second-order valence-electron chi connectivity index (χ2n) is 4.50. The average molecular weight is 198 g/mol. The minimum Gasteiger partial charge on any atom is -0.391 e. The number of β-amino-alcohol motifs (C(OH)–C–C–N with tert-alkyl or cyclic N) is 1. The van der Waals surface area contributed by atoms with E-state index in [9.17, 15) is 9.90 Å². The molecule has 4 nitrogen and oxygen atoms in total. The highest BCUT2D eigenvalue weighted by Gasteiger charge is 2.33. The van der Waals surface area contributed by atoms with Gasteiger partial charge in [0.15, 0.2) is 0 Å². The molecule has 1 amide bonds. The zero-order valence-corrected chi connectivity index (χ0v) is 8.35. The first-order valence-electron chi connectivity index (χ1n) is 5.39. The second kappa shape index (κ2) is 3.87. The van der Waals surface area contributed by atoms with Crippen molar-refractivity contribution >= 4 is 5.91 Å². The fourth-order valence-corrected chi connectivity index (χ4v) is 2.44. The summed E-state index contributed by atoms with van der Waals surface area (Å²) in [5.74, 6) is 0.324. The van der Waals surface area contributed by atoms with E-state index in [-0.39, 0.29) is 24.0 Å². The van der Waals surface area contributed by atoms with E-state index in [0.29, 0.717) is 13.1 Å². The number of rotatable bonds is 1. The maximum absolute atomic E-state index is 11.9. The van der Waals surface area contributed by atoms with Crippen molar-refractivity contribution in [2.75, 3.05) is 13.1 Å². The van der Waals surface area contributed by atoms with Gasteiger partial charge in [0, 0.05) is 25.0 Å². The fraction of sp³-hybridized carbons (Fsp3) is 0.900. The van der Waals surface area contributed by atoms with Gasteiger partial charge in [0.05, 0.1) is 6.10 Å². The van der Waals surface area contributed by atoms with Gasteiger partial charge >= 0.3 is 0 Å². The normalized spacial score (nSPS) is 37.9. The predicted octanol–water partition coefficient (Wildman–Crippen LogP) is -0.293. The fourth-order valence-electron chi connectivity index (χ4n) is 2.44. The van der Waals surface area contributed by atoms with Crippen molar-refractivity contribution < 1.29 is 9.90 Å². The van der Waals surface area contributed by atoms with Crippen LogP contribution in [-0.4, -0.2) is 41.1 Å². The second-order valence-corrected chi connectivity index (χ2v) is 4.50. The molecule has 2 fully saturated rings. The average Bonchev–Trinajstić information content (AvgIpc) is 2.73. The van der Waals surface area contributed by atoms with Crippen LogP contribution in [0.2, 0.25) is 0 Å². The lowest BCUT2D eigenvalue weighted by Crippen LogP contribution is -2.34. The van der Waals surface area contributed by atoms with Gasteiger partial charge in [0.25, 0.3) is 0 Å². The lowest BCUT2D eigenvalue weighted by atomic mass is 10.1. The third-order valence-corrected chi connectivity index (χ3v) is 3.30. The lowest BCUT2D eigenvalue weighted by molar-refractivity contribution is -0.134. The molecule has 3 atom stereocenters. The summed E-state index contributed by atoms with van der Waals surface area (Å²) in [6.45, 7) is 1.23. The van der Waals surface area contributed by atoms with E-state index in [2.05, 4.69) is 0 Å². The van der Waals surface area contributed by atoms with Gasteiger partial charge in [-0.25, -0.2) is 0 Å². The van der Waals surface area contributed by atoms with E-state index in [1.807, 2.05) is 0 Å². The largest absolute Gasteiger partial charge is 0.391 e. The number of aliphatic hydroxyl groups excluding tert-OH is 1. The van der Waals surface area contributed by atoms with E-state index < -0.39 is 0 Å². The number of aliphatic hydroxyl groups is 1. The number of carbonyl (C=O) groups excluding carboxylic acids is 1. The lowest BCUT2D eigenvalue weighted by Gasteiger charge is -2.19. The monoisotopic (exact) mass is 198 g/mol. The van der Waals surface area contributed by atoms with Crippen molar-refractivity contribution in [3.8, 4) is 0 Å². The summed E-state index contributed by atoms with van der Waals surface area (Å²) in [6, 6.07) is 0.205. The Morgan fingerprint density at radius 2 is 2.14 bits per heavy atom. The number of hydrogen-bond donors (Lipinski definition) is 2. The number of nitrogens with two attached hydrogens (primary N) is 1. The van der Waals surface area contributed by atoms with E-state index in [4.69, 9.17) is 5.73 Å². The van der Waals surface area contributed by atoms with Crippen molar-refractivity contribution in [2.24, 2.45) is 11.7 Å². The van der Waals surface area contributed by atoms with Gasteiger partial charge in [-0.1, -0.05) is 0 Å². The van der Waals surface area contributed by atoms with Crippen LogP contribution in [0.15, 0.2) is 0 Å². The summed E-state index contributed by atoms with van der Waals surface area (Å²) in [7, 11) is 0. The quantitative estimate of drug-likeness (QED) is 0.608. The Hall–Kier alpha value is -0.610. The molecule has 0 aromatic rings. The molecule has 0 aromatic heterocycles. The molecule has 1 aliphatic carbocycles. The molecule has 4 heteroatoms. The molecule has 3 N–H and O–H groups in total. The first kappa shape index (κ1) is 9.93. The summed E-state index contributed by atoms with van der Waals surface area (Å²) in [6.07, 6.45) is 3.13. The molecule has 2 rings (SSSR count). The van der Waals surface area contributed by atoms with Crippen LogP contribution in [-0.2, 0) is 4.79 Å². The number of carbonyl (C=O) groups is 1. The summed E-state index contributed by atoms with van der Waals surface area (Å²) >= 11 is 0. The Labute approximate surface area is 84.1 Å². The van der Waals surface area contributed by atoms with Crippen molar-refractivity contribution in [1.29, 1.82) is 0 Å². The van der Waals surface area contributed by atoms with Gasteiger partial charge in [-0.2, -0.15) is 0 Å². The first-order chi connectivity index (χ1) is 6.66. The summed E-state index contributed by atoms with van der Waals surface area (Å²) in [5.41, 5.74) is 5.77. The summed E-state index contributed by atoms with van der Waals surface area (Å²) in [4.78, 5) is 13.7. The number of amides is 1. The topological polar surface area (TPSA) is 66.6 Å². The SMILES string of the molecule is NC1CCC(C(=O)N2CC[C@H](O)C2)C1. The number of hydrogen-bond acceptors (Lipinski definition) is 3. The van der Waals surface area contributed by atoms with Crippen molar-refractivity contribution in [3.63, 3.8) is 0 Å². The number of likely N-dealkylation sites (tertiary alicyclic amines) is 1. The van der Waals surface area contributed by atoms with Crippen molar-refractivity contribution in [2.45, 2.75) is 37.8 Å². The molecule has 80 valence electrons. The molecular weight excluding hydrogens is 180 g/mol.